The van der Waals surface area contributed by atoms with Crippen molar-refractivity contribution in [3.05, 3.63) is 11.8 Å². The van der Waals surface area contributed by atoms with Crippen molar-refractivity contribution in [2.75, 3.05) is 0 Å². The number of rotatable bonds is 4. The largest absolute Gasteiger partial charge is 0.465 e. The fraction of sp³-hybridized carbons (Fsp3) is 0.800. The van der Waals surface area contributed by atoms with E-state index in [1.54, 1.807) is 0 Å². The van der Waals surface area contributed by atoms with Crippen molar-refractivity contribution in [3.63, 3.8) is 0 Å². The monoisotopic (exact) mass is 284 g/mol. The molecule has 3 atom stereocenters. The van der Waals surface area contributed by atoms with Crippen molar-refractivity contribution in [3.8, 4) is 0 Å². The smallest absolute Gasteiger partial charge is 0.430 e. The zero-order valence-corrected chi connectivity index (χ0v) is 10.2. The molecule has 18 heavy (non-hydrogen) atoms. The number of fused-ring (bicyclic) bond motifs is 2. The Morgan fingerprint density at radius 2 is 2.11 bits per heavy atom. The van der Waals surface area contributed by atoms with Gasteiger partial charge in [-0.2, -0.15) is 17.2 Å². The zero-order chi connectivity index (χ0) is 13.6. The van der Waals surface area contributed by atoms with Gasteiger partial charge in [0.1, 0.15) is 0 Å². The Balaban J connectivity index is 2.01. The minimum absolute atomic E-state index is 0.279. The van der Waals surface area contributed by atoms with E-state index in [1.165, 1.54) is 0 Å². The van der Waals surface area contributed by atoms with E-state index in [1.807, 2.05) is 0 Å². The van der Waals surface area contributed by atoms with Crippen LogP contribution >= 0.6 is 0 Å². The minimum Gasteiger partial charge on any atom is -0.465 e. The van der Waals surface area contributed by atoms with Crippen LogP contribution in [0.3, 0.4) is 0 Å². The molecule has 2 fully saturated rings. The first-order chi connectivity index (χ1) is 8.22. The Labute approximate surface area is 103 Å². The van der Waals surface area contributed by atoms with Crippen LogP contribution in [0.5, 0.6) is 0 Å². The molecule has 0 heterocycles. The summed E-state index contributed by atoms with van der Waals surface area (Å²) in [5, 5.41) is 4.25. The summed E-state index contributed by atoms with van der Waals surface area (Å²) in [7, 11) is -5.70. The predicted octanol–water partition coefficient (Wildman–Crippen LogP) is 1.51. The van der Waals surface area contributed by atoms with Crippen LogP contribution in [-0.2, 0) is 14.9 Å². The van der Waals surface area contributed by atoms with E-state index < -0.39 is 21.7 Å². The quantitative estimate of drug-likeness (QED) is 0.464. The average molecular weight is 284 g/mol. The number of ether oxygens (including phenoxy) is 1. The van der Waals surface area contributed by atoms with Crippen LogP contribution in [0.1, 0.15) is 25.7 Å². The Morgan fingerprint density at radius 1 is 1.44 bits per heavy atom. The standard InChI is InChI=1S/C10H14F2O5S/c11-10(12,18(14,15)16)9(13)17-5-8-4-6-1-2-7(8)3-6/h5-7,9,13H,1-4H2,(H,14,15,16)/b8-5+. The molecule has 8 heteroatoms. The molecule has 2 aliphatic carbocycles. The molecular weight excluding hydrogens is 270 g/mol. The Kier molecular flexibility index (Phi) is 3.37. The topological polar surface area (TPSA) is 83.8 Å². The number of aliphatic hydroxyl groups is 1. The highest BCUT2D eigenvalue weighted by Crippen LogP contribution is 2.48. The highest BCUT2D eigenvalue weighted by atomic mass is 32.2. The van der Waals surface area contributed by atoms with Crippen molar-refractivity contribution < 1.29 is 31.6 Å². The lowest BCUT2D eigenvalue weighted by atomic mass is 9.96. The van der Waals surface area contributed by atoms with Gasteiger partial charge in [-0.3, -0.25) is 4.55 Å². The van der Waals surface area contributed by atoms with Gasteiger partial charge in [0.2, 0.25) is 0 Å². The molecule has 2 saturated carbocycles. The molecule has 0 radical (unpaired) electrons. The zero-order valence-electron chi connectivity index (χ0n) is 9.42. The molecule has 2 N–H and O–H groups in total. The Morgan fingerprint density at radius 3 is 2.56 bits per heavy atom. The summed E-state index contributed by atoms with van der Waals surface area (Å²) in [6.07, 6.45) is 1.89. The van der Waals surface area contributed by atoms with Gasteiger partial charge in [0.05, 0.1) is 6.26 Å². The number of hydrogen-bond donors (Lipinski definition) is 2. The van der Waals surface area contributed by atoms with E-state index in [0.29, 0.717) is 5.92 Å². The number of aliphatic hydroxyl groups excluding tert-OH is 1. The summed E-state index contributed by atoms with van der Waals surface area (Å²) in [6, 6.07) is 0. The number of alkyl halides is 2. The first kappa shape index (κ1) is 13.7. The van der Waals surface area contributed by atoms with Crippen molar-refractivity contribution in [2.24, 2.45) is 11.8 Å². The normalized spacial score (nSPS) is 31.9. The predicted molar refractivity (Wildman–Crippen MR) is 57.1 cm³/mol. The highest BCUT2D eigenvalue weighted by molar-refractivity contribution is 7.86. The molecule has 5 nitrogen and oxygen atoms in total. The van der Waals surface area contributed by atoms with Gasteiger partial charge in [-0.25, -0.2) is 0 Å². The molecule has 0 saturated heterocycles. The summed E-state index contributed by atoms with van der Waals surface area (Å²) in [6.45, 7) is 0. The maximum absolute atomic E-state index is 12.9. The SMILES string of the molecule is O=S(=O)(O)C(F)(F)C(O)O/C=C1\CC2CCC1C2. The van der Waals surface area contributed by atoms with Crippen LogP contribution in [0.4, 0.5) is 8.78 Å². The summed E-state index contributed by atoms with van der Waals surface area (Å²) in [4.78, 5) is 0. The third-order valence-electron chi connectivity index (χ3n) is 3.57. The molecule has 2 aliphatic rings. The first-order valence-electron chi connectivity index (χ1n) is 5.59. The molecule has 0 aromatic heterocycles. The van der Waals surface area contributed by atoms with Gasteiger partial charge < -0.3 is 9.84 Å². The molecule has 2 bridgehead atoms. The average Bonchev–Trinajstić information content (AvgIpc) is 2.85. The van der Waals surface area contributed by atoms with Crippen LogP contribution in [0, 0.1) is 11.8 Å². The minimum atomic E-state index is -5.70. The molecule has 2 rings (SSSR count). The fourth-order valence-corrected chi connectivity index (χ4v) is 2.91. The third-order valence-corrected chi connectivity index (χ3v) is 4.46. The van der Waals surface area contributed by atoms with Crippen LogP contribution in [0.2, 0.25) is 0 Å². The van der Waals surface area contributed by atoms with Gasteiger partial charge in [-0.1, -0.05) is 0 Å². The lowest BCUT2D eigenvalue weighted by Gasteiger charge is -2.20. The maximum Gasteiger partial charge on any atom is 0.430 e. The lowest BCUT2D eigenvalue weighted by molar-refractivity contribution is -0.170. The van der Waals surface area contributed by atoms with Gasteiger partial charge >= 0.3 is 15.4 Å². The number of hydrogen-bond acceptors (Lipinski definition) is 4. The Bertz CT molecular complexity index is 459. The second-order valence-electron chi connectivity index (χ2n) is 4.80. The molecule has 104 valence electrons. The molecule has 0 amide bonds. The lowest BCUT2D eigenvalue weighted by Crippen LogP contribution is -2.42. The summed E-state index contributed by atoms with van der Waals surface area (Å²) in [5.41, 5.74) is 0.816. The molecule has 3 unspecified atom stereocenters. The Hall–Kier alpha value is -0.730. The van der Waals surface area contributed by atoms with Crippen LogP contribution in [0.15, 0.2) is 11.8 Å². The molecule has 0 aromatic carbocycles. The summed E-state index contributed by atoms with van der Waals surface area (Å²) < 4.78 is 59.3. The summed E-state index contributed by atoms with van der Waals surface area (Å²) >= 11 is 0. The molecule has 0 aliphatic heterocycles. The highest BCUT2D eigenvalue weighted by Gasteiger charge is 2.53. The van der Waals surface area contributed by atoms with Gasteiger partial charge in [0.25, 0.3) is 6.29 Å². The fourth-order valence-electron chi connectivity index (χ4n) is 2.60. The number of halogens is 2. The van der Waals surface area contributed by atoms with E-state index in [0.717, 1.165) is 37.5 Å². The second kappa shape index (κ2) is 4.43. The van der Waals surface area contributed by atoms with Crippen LogP contribution < -0.4 is 0 Å². The molecule has 0 spiro atoms. The van der Waals surface area contributed by atoms with Crippen molar-refractivity contribution in [1.29, 1.82) is 0 Å². The maximum atomic E-state index is 12.9. The van der Waals surface area contributed by atoms with Gasteiger partial charge in [-0.05, 0) is 43.1 Å². The van der Waals surface area contributed by atoms with Crippen LogP contribution in [0.25, 0.3) is 0 Å². The van der Waals surface area contributed by atoms with Gasteiger partial charge in [-0.15, -0.1) is 0 Å². The van der Waals surface area contributed by atoms with E-state index in [2.05, 4.69) is 4.74 Å². The van der Waals surface area contributed by atoms with Gasteiger partial charge in [0, 0.05) is 0 Å². The van der Waals surface area contributed by atoms with Crippen molar-refractivity contribution in [2.45, 2.75) is 37.2 Å². The van der Waals surface area contributed by atoms with Gasteiger partial charge in [0.15, 0.2) is 0 Å². The first-order valence-corrected chi connectivity index (χ1v) is 7.03. The van der Waals surface area contributed by atoms with Crippen molar-refractivity contribution in [1.82, 2.24) is 0 Å². The van der Waals surface area contributed by atoms with E-state index in [4.69, 9.17) is 9.66 Å². The van der Waals surface area contributed by atoms with Crippen molar-refractivity contribution >= 4 is 10.1 Å². The van der Waals surface area contributed by atoms with E-state index in [-0.39, 0.29) is 5.92 Å². The van der Waals surface area contributed by atoms with E-state index in [9.17, 15) is 17.2 Å². The summed E-state index contributed by atoms with van der Waals surface area (Å²) in [5.74, 6) is 0.811. The van der Waals surface area contributed by atoms with Crippen LogP contribution in [-0.4, -0.2) is 29.6 Å². The van der Waals surface area contributed by atoms with E-state index >= 15 is 0 Å². The third kappa shape index (κ3) is 2.36. The number of allylic oxidation sites excluding steroid dienone is 1. The molecule has 0 aromatic rings. The molecular formula is C10H14F2O5S. The second-order valence-corrected chi connectivity index (χ2v) is 6.29.